The van der Waals surface area contributed by atoms with E-state index in [1.165, 1.54) is 5.56 Å². The van der Waals surface area contributed by atoms with Crippen molar-refractivity contribution in [2.75, 3.05) is 12.3 Å². The van der Waals surface area contributed by atoms with E-state index >= 15 is 0 Å². The highest BCUT2D eigenvalue weighted by molar-refractivity contribution is 5.92. The van der Waals surface area contributed by atoms with E-state index < -0.39 is 0 Å². The Kier molecular flexibility index (Phi) is 2.97. The van der Waals surface area contributed by atoms with Crippen molar-refractivity contribution < 1.29 is 4.79 Å². The maximum atomic E-state index is 12.6. The quantitative estimate of drug-likeness (QED) is 0.799. The molecule has 0 unspecified atom stereocenters. The lowest BCUT2D eigenvalue weighted by Crippen LogP contribution is -2.36. The molecule has 1 aliphatic rings. The fourth-order valence-corrected chi connectivity index (χ4v) is 2.72. The highest BCUT2D eigenvalue weighted by atomic mass is 16.2. The molecule has 20 heavy (non-hydrogen) atoms. The Morgan fingerprint density at radius 2 is 2.10 bits per heavy atom. The van der Waals surface area contributed by atoms with E-state index in [-0.39, 0.29) is 5.91 Å². The third-order valence-corrected chi connectivity index (χ3v) is 3.75. The Hall–Kier alpha value is -2.30. The zero-order valence-corrected chi connectivity index (χ0v) is 11.8. The third-order valence-electron chi connectivity index (χ3n) is 3.75. The molecule has 0 atom stereocenters. The minimum Gasteiger partial charge on any atom is -0.399 e. The standard InChI is InChI=1S/C15H18N4O/c1-10-7-14(18(2)17-10)15(20)19-6-5-11-3-4-13(16)8-12(11)9-19/h3-4,7-8H,5-6,9,16H2,1-2H3. The van der Waals surface area contributed by atoms with Crippen LogP contribution in [0.2, 0.25) is 0 Å². The number of fused-ring (bicyclic) bond motifs is 1. The highest BCUT2D eigenvalue weighted by Gasteiger charge is 2.24. The maximum absolute atomic E-state index is 12.6. The molecule has 3 rings (SSSR count). The van der Waals surface area contributed by atoms with Gasteiger partial charge in [-0.1, -0.05) is 6.07 Å². The van der Waals surface area contributed by atoms with Gasteiger partial charge in [0.2, 0.25) is 0 Å². The van der Waals surface area contributed by atoms with Crippen molar-refractivity contribution in [2.45, 2.75) is 19.9 Å². The number of nitrogens with zero attached hydrogens (tertiary/aromatic N) is 3. The van der Waals surface area contributed by atoms with Gasteiger partial charge >= 0.3 is 0 Å². The molecule has 0 saturated heterocycles. The van der Waals surface area contributed by atoms with E-state index in [1.807, 2.05) is 30.0 Å². The van der Waals surface area contributed by atoms with Gasteiger partial charge < -0.3 is 10.6 Å². The van der Waals surface area contributed by atoms with Crippen molar-refractivity contribution >= 4 is 11.6 Å². The molecular formula is C15H18N4O. The van der Waals surface area contributed by atoms with E-state index in [1.54, 1.807) is 11.7 Å². The Balaban J connectivity index is 1.86. The first-order chi connectivity index (χ1) is 9.54. The van der Waals surface area contributed by atoms with Crippen LogP contribution in [0.3, 0.4) is 0 Å². The molecule has 0 radical (unpaired) electrons. The smallest absolute Gasteiger partial charge is 0.272 e. The molecule has 5 nitrogen and oxygen atoms in total. The number of hydrogen-bond acceptors (Lipinski definition) is 3. The number of benzene rings is 1. The number of carbonyl (C=O) groups excluding carboxylic acids is 1. The van der Waals surface area contributed by atoms with Gasteiger partial charge in [0, 0.05) is 25.8 Å². The van der Waals surface area contributed by atoms with Crippen LogP contribution in [0.25, 0.3) is 0 Å². The molecule has 0 spiro atoms. The number of rotatable bonds is 1. The summed E-state index contributed by atoms with van der Waals surface area (Å²) >= 11 is 0. The van der Waals surface area contributed by atoms with Gasteiger partial charge in [0.15, 0.2) is 0 Å². The number of hydrogen-bond donors (Lipinski definition) is 1. The number of amides is 1. The monoisotopic (exact) mass is 270 g/mol. The second-order valence-electron chi connectivity index (χ2n) is 5.30. The minimum atomic E-state index is 0.0289. The number of aryl methyl sites for hydroxylation is 2. The summed E-state index contributed by atoms with van der Waals surface area (Å²) in [5, 5.41) is 4.23. The Morgan fingerprint density at radius 3 is 2.80 bits per heavy atom. The van der Waals surface area contributed by atoms with Crippen LogP contribution in [0.5, 0.6) is 0 Å². The molecule has 0 fully saturated rings. The summed E-state index contributed by atoms with van der Waals surface area (Å²) in [7, 11) is 1.80. The Morgan fingerprint density at radius 1 is 1.30 bits per heavy atom. The summed E-state index contributed by atoms with van der Waals surface area (Å²) in [5.41, 5.74) is 10.5. The van der Waals surface area contributed by atoms with Gasteiger partial charge in [0.05, 0.1) is 5.69 Å². The van der Waals surface area contributed by atoms with Gasteiger partial charge in [-0.2, -0.15) is 5.10 Å². The summed E-state index contributed by atoms with van der Waals surface area (Å²) in [6.45, 7) is 3.24. The molecule has 0 aliphatic carbocycles. The normalized spacial score (nSPS) is 14.2. The Labute approximate surface area is 118 Å². The topological polar surface area (TPSA) is 64.2 Å². The second kappa shape index (κ2) is 4.67. The van der Waals surface area contributed by atoms with E-state index in [9.17, 15) is 4.79 Å². The molecule has 2 N–H and O–H groups in total. The predicted molar refractivity (Wildman–Crippen MR) is 77.2 cm³/mol. The first-order valence-electron chi connectivity index (χ1n) is 6.72. The number of anilines is 1. The van der Waals surface area contributed by atoms with Crippen LogP contribution < -0.4 is 5.73 Å². The molecule has 1 amide bonds. The third kappa shape index (κ3) is 2.15. The SMILES string of the molecule is Cc1cc(C(=O)N2CCc3ccc(N)cc3C2)n(C)n1. The first-order valence-corrected chi connectivity index (χ1v) is 6.72. The van der Waals surface area contributed by atoms with Gasteiger partial charge in [0.1, 0.15) is 5.69 Å². The molecule has 5 heteroatoms. The molecule has 1 aromatic carbocycles. The lowest BCUT2D eigenvalue weighted by atomic mass is 9.99. The van der Waals surface area contributed by atoms with Crippen molar-refractivity contribution in [3.05, 3.63) is 46.8 Å². The number of nitrogen functional groups attached to an aromatic ring is 1. The fourth-order valence-electron chi connectivity index (χ4n) is 2.72. The van der Waals surface area contributed by atoms with Gasteiger partial charge in [0.25, 0.3) is 5.91 Å². The summed E-state index contributed by atoms with van der Waals surface area (Å²) in [6.07, 6.45) is 0.873. The van der Waals surface area contributed by atoms with Crippen LogP contribution in [0, 0.1) is 6.92 Å². The van der Waals surface area contributed by atoms with Gasteiger partial charge in [-0.05, 0) is 42.7 Å². The average Bonchev–Trinajstić information content (AvgIpc) is 2.76. The maximum Gasteiger partial charge on any atom is 0.272 e. The summed E-state index contributed by atoms with van der Waals surface area (Å²) in [4.78, 5) is 14.4. The van der Waals surface area contributed by atoms with E-state index in [0.29, 0.717) is 12.2 Å². The van der Waals surface area contributed by atoms with Crippen molar-refractivity contribution in [3.8, 4) is 0 Å². The van der Waals surface area contributed by atoms with Crippen molar-refractivity contribution in [2.24, 2.45) is 7.05 Å². The van der Waals surface area contributed by atoms with Crippen molar-refractivity contribution in [1.29, 1.82) is 0 Å². The zero-order chi connectivity index (χ0) is 14.3. The zero-order valence-electron chi connectivity index (χ0n) is 11.8. The van der Waals surface area contributed by atoms with Crippen LogP contribution in [0.4, 0.5) is 5.69 Å². The van der Waals surface area contributed by atoms with Gasteiger partial charge in [-0.3, -0.25) is 9.48 Å². The van der Waals surface area contributed by atoms with Crippen LogP contribution >= 0.6 is 0 Å². The van der Waals surface area contributed by atoms with E-state index in [4.69, 9.17) is 5.73 Å². The lowest BCUT2D eigenvalue weighted by Gasteiger charge is -2.29. The number of aromatic nitrogens is 2. The van der Waals surface area contributed by atoms with E-state index in [2.05, 4.69) is 11.2 Å². The number of nitrogens with two attached hydrogens (primary N) is 1. The van der Waals surface area contributed by atoms with Crippen LogP contribution in [-0.2, 0) is 20.0 Å². The minimum absolute atomic E-state index is 0.0289. The van der Waals surface area contributed by atoms with Crippen LogP contribution in [0.1, 0.15) is 27.3 Å². The largest absolute Gasteiger partial charge is 0.399 e. The summed E-state index contributed by atoms with van der Waals surface area (Å²) in [5.74, 6) is 0.0289. The van der Waals surface area contributed by atoms with Crippen LogP contribution in [0.15, 0.2) is 24.3 Å². The average molecular weight is 270 g/mol. The molecule has 0 saturated carbocycles. The predicted octanol–water partition coefficient (Wildman–Crippen LogP) is 1.51. The Bertz CT molecular complexity index is 675. The lowest BCUT2D eigenvalue weighted by molar-refractivity contribution is 0.0723. The van der Waals surface area contributed by atoms with Crippen LogP contribution in [-0.4, -0.2) is 27.1 Å². The molecule has 1 aromatic heterocycles. The highest BCUT2D eigenvalue weighted by Crippen LogP contribution is 2.22. The molecule has 0 bridgehead atoms. The fraction of sp³-hybridized carbons (Fsp3) is 0.333. The molecule has 2 aromatic rings. The first kappa shape index (κ1) is 12.7. The molecule has 2 heterocycles. The molecule has 104 valence electrons. The summed E-state index contributed by atoms with van der Waals surface area (Å²) < 4.78 is 1.65. The molecule has 1 aliphatic heterocycles. The molecular weight excluding hydrogens is 252 g/mol. The summed E-state index contributed by atoms with van der Waals surface area (Å²) in [6, 6.07) is 7.77. The number of carbonyl (C=O) groups is 1. The van der Waals surface area contributed by atoms with E-state index in [0.717, 1.165) is 29.9 Å². The van der Waals surface area contributed by atoms with Crippen molar-refractivity contribution in [3.63, 3.8) is 0 Å². The van der Waals surface area contributed by atoms with Crippen molar-refractivity contribution in [1.82, 2.24) is 14.7 Å². The van der Waals surface area contributed by atoms with Gasteiger partial charge in [-0.25, -0.2) is 0 Å². The second-order valence-corrected chi connectivity index (χ2v) is 5.30. The van der Waals surface area contributed by atoms with Gasteiger partial charge in [-0.15, -0.1) is 0 Å².